The molecule has 6 rings (SSSR count). The van der Waals surface area contributed by atoms with Crippen molar-refractivity contribution in [1.29, 1.82) is 0 Å². The van der Waals surface area contributed by atoms with Gasteiger partial charge in [-0.1, -0.05) is 12.1 Å². The first kappa shape index (κ1) is 18.8. The lowest BCUT2D eigenvalue weighted by Crippen LogP contribution is -2.55. The molecular formula is C24H30N2O3. The van der Waals surface area contributed by atoms with Crippen LogP contribution in [0.1, 0.15) is 74.2 Å². The van der Waals surface area contributed by atoms with Crippen LogP contribution in [0, 0.1) is 23.2 Å². The monoisotopic (exact) mass is 394 g/mol. The SMILES string of the molecule is CC(NC(=O)c1ccc(CN2C(=O)CCC2=O)cc1)C12CC3CC(CC(C3)C1)C2. The Morgan fingerprint density at radius 1 is 1.00 bits per heavy atom. The highest BCUT2D eigenvalue weighted by Crippen LogP contribution is 2.61. The topological polar surface area (TPSA) is 66.5 Å². The largest absolute Gasteiger partial charge is 0.349 e. The Labute approximate surface area is 172 Å². The van der Waals surface area contributed by atoms with Gasteiger partial charge in [0.15, 0.2) is 0 Å². The van der Waals surface area contributed by atoms with E-state index >= 15 is 0 Å². The summed E-state index contributed by atoms with van der Waals surface area (Å²) in [7, 11) is 0. The number of hydrogen-bond acceptors (Lipinski definition) is 3. The highest BCUT2D eigenvalue weighted by Gasteiger charge is 2.53. The number of hydrogen-bond donors (Lipinski definition) is 1. The van der Waals surface area contributed by atoms with Gasteiger partial charge in [0.05, 0.1) is 6.54 Å². The van der Waals surface area contributed by atoms with E-state index in [9.17, 15) is 14.4 Å². The van der Waals surface area contributed by atoms with Crippen molar-refractivity contribution in [1.82, 2.24) is 10.2 Å². The molecule has 1 aliphatic heterocycles. The number of carbonyl (C=O) groups is 3. The van der Waals surface area contributed by atoms with Crippen LogP contribution in [0.4, 0.5) is 0 Å². The van der Waals surface area contributed by atoms with Gasteiger partial charge in [-0.25, -0.2) is 0 Å². The molecule has 154 valence electrons. The van der Waals surface area contributed by atoms with Gasteiger partial charge >= 0.3 is 0 Å². The van der Waals surface area contributed by atoms with Gasteiger partial charge in [0, 0.05) is 24.4 Å². The second-order valence-corrected chi connectivity index (χ2v) is 10.0. The lowest BCUT2D eigenvalue weighted by molar-refractivity contribution is -0.139. The van der Waals surface area contributed by atoms with E-state index in [0.29, 0.717) is 30.4 Å². The molecule has 1 atom stereocenters. The summed E-state index contributed by atoms with van der Waals surface area (Å²) >= 11 is 0. The predicted molar refractivity (Wildman–Crippen MR) is 109 cm³/mol. The minimum Gasteiger partial charge on any atom is -0.349 e. The lowest BCUT2D eigenvalue weighted by atomic mass is 9.48. The van der Waals surface area contributed by atoms with Crippen LogP contribution in [0.3, 0.4) is 0 Å². The van der Waals surface area contributed by atoms with Crippen molar-refractivity contribution in [3.8, 4) is 0 Å². The van der Waals surface area contributed by atoms with Crippen LogP contribution >= 0.6 is 0 Å². The molecule has 1 aromatic rings. The van der Waals surface area contributed by atoms with Gasteiger partial charge < -0.3 is 5.32 Å². The molecule has 1 saturated heterocycles. The molecule has 1 aromatic carbocycles. The molecule has 29 heavy (non-hydrogen) atoms. The summed E-state index contributed by atoms with van der Waals surface area (Å²) in [5, 5.41) is 3.30. The first-order valence-corrected chi connectivity index (χ1v) is 11.1. The number of nitrogens with zero attached hydrogens (tertiary/aromatic N) is 1. The van der Waals surface area contributed by atoms with E-state index in [0.717, 1.165) is 23.3 Å². The van der Waals surface area contributed by atoms with E-state index in [1.807, 2.05) is 24.3 Å². The molecule has 3 amide bonds. The zero-order valence-corrected chi connectivity index (χ0v) is 17.2. The third-order valence-electron chi connectivity index (χ3n) is 8.06. The number of likely N-dealkylation sites (tertiary alicyclic amines) is 1. The second-order valence-electron chi connectivity index (χ2n) is 10.0. The van der Waals surface area contributed by atoms with Gasteiger partial charge in [-0.3, -0.25) is 19.3 Å². The van der Waals surface area contributed by atoms with Crippen molar-refractivity contribution >= 4 is 17.7 Å². The van der Waals surface area contributed by atoms with Crippen LogP contribution in [-0.4, -0.2) is 28.7 Å². The summed E-state index contributed by atoms with van der Waals surface area (Å²) in [6, 6.07) is 7.51. The average molecular weight is 395 g/mol. The van der Waals surface area contributed by atoms with E-state index in [4.69, 9.17) is 0 Å². The Balaban J connectivity index is 1.23. The quantitative estimate of drug-likeness (QED) is 0.775. The van der Waals surface area contributed by atoms with Gasteiger partial charge in [-0.15, -0.1) is 0 Å². The summed E-state index contributed by atoms with van der Waals surface area (Å²) in [4.78, 5) is 37.8. The summed E-state index contributed by atoms with van der Waals surface area (Å²) in [5.74, 6) is 2.37. The molecule has 0 spiro atoms. The standard InChI is InChI=1S/C24H30N2O3/c1-15(24-11-17-8-18(12-24)10-19(9-17)13-24)25-23(29)20-4-2-16(3-5-20)14-26-21(27)6-7-22(26)28/h2-5,15,17-19H,6-14H2,1H3,(H,25,29). The van der Waals surface area contributed by atoms with Crippen molar-refractivity contribution in [2.75, 3.05) is 0 Å². The maximum absolute atomic E-state index is 12.9. The maximum Gasteiger partial charge on any atom is 0.251 e. The van der Waals surface area contributed by atoms with Crippen LogP contribution in [0.15, 0.2) is 24.3 Å². The molecule has 1 unspecified atom stereocenters. The zero-order chi connectivity index (χ0) is 20.2. The Hall–Kier alpha value is -2.17. The Bertz CT molecular complexity index is 793. The minimum atomic E-state index is -0.110. The Kier molecular flexibility index (Phi) is 4.52. The first-order chi connectivity index (χ1) is 13.9. The Morgan fingerprint density at radius 2 is 1.52 bits per heavy atom. The highest BCUT2D eigenvalue weighted by atomic mass is 16.2. The molecule has 5 heteroatoms. The summed E-state index contributed by atoms with van der Waals surface area (Å²) in [6.45, 7) is 2.49. The van der Waals surface area contributed by atoms with Crippen molar-refractivity contribution in [2.45, 2.75) is 70.9 Å². The fourth-order valence-corrected chi connectivity index (χ4v) is 6.88. The number of rotatable bonds is 5. The Morgan fingerprint density at radius 3 is 2.03 bits per heavy atom. The van der Waals surface area contributed by atoms with E-state index in [1.54, 1.807) is 0 Å². The zero-order valence-electron chi connectivity index (χ0n) is 17.2. The fourth-order valence-electron chi connectivity index (χ4n) is 6.88. The molecule has 1 N–H and O–H groups in total. The van der Waals surface area contributed by atoms with Crippen molar-refractivity contribution in [2.24, 2.45) is 23.2 Å². The van der Waals surface area contributed by atoms with Gasteiger partial charge in [0.1, 0.15) is 0 Å². The van der Waals surface area contributed by atoms with Crippen molar-refractivity contribution < 1.29 is 14.4 Å². The van der Waals surface area contributed by atoms with Gasteiger partial charge in [0.25, 0.3) is 5.91 Å². The molecule has 4 saturated carbocycles. The van der Waals surface area contributed by atoms with Crippen molar-refractivity contribution in [3.63, 3.8) is 0 Å². The summed E-state index contributed by atoms with van der Waals surface area (Å²) in [6.07, 6.45) is 8.66. The minimum absolute atomic E-state index is 0.0203. The number of nitrogens with one attached hydrogen (secondary N) is 1. The normalized spacial score (nSPS) is 34.0. The van der Waals surface area contributed by atoms with E-state index in [2.05, 4.69) is 12.2 Å². The number of benzene rings is 1. The number of imide groups is 1. The molecule has 0 radical (unpaired) electrons. The van der Waals surface area contributed by atoms with Crippen LogP contribution in [0.2, 0.25) is 0 Å². The highest BCUT2D eigenvalue weighted by molar-refractivity contribution is 6.01. The third kappa shape index (κ3) is 3.38. The molecular weight excluding hydrogens is 364 g/mol. The van der Waals surface area contributed by atoms with Crippen LogP contribution < -0.4 is 5.32 Å². The molecule has 5 fully saturated rings. The number of carbonyl (C=O) groups excluding carboxylic acids is 3. The predicted octanol–water partition coefficient (Wildman–Crippen LogP) is 3.67. The summed E-state index contributed by atoms with van der Waals surface area (Å²) in [5.41, 5.74) is 1.81. The van der Waals surface area contributed by atoms with Gasteiger partial charge in [0.2, 0.25) is 11.8 Å². The maximum atomic E-state index is 12.9. The molecule has 5 aliphatic rings. The van der Waals surface area contributed by atoms with Crippen LogP contribution in [0.25, 0.3) is 0 Å². The molecule has 4 aliphatic carbocycles. The van der Waals surface area contributed by atoms with Crippen LogP contribution in [-0.2, 0) is 16.1 Å². The van der Waals surface area contributed by atoms with Crippen molar-refractivity contribution in [3.05, 3.63) is 35.4 Å². The number of amides is 3. The molecule has 4 bridgehead atoms. The van der Waals surface area contributed by atoms with Crippen LogP contribution in [0.5, 0.6) is 0 Å². The lowest BCUT2D eigenvalue weighted by Gasteiger charge is -2.59. The third-order valence-corrected chi connectivity index (χ3v) is 8.06. The van der Waals surface area contributed by atoms with Gasteiger partial charge in [-0.2, -0.15) is 0 Å². The summed E-state index contributed by atoms with van der Waals surface area (Å²) < 4.78 is 0. The smallest absolute Gasteiger partial charge is 0.251 e. The fraction of sp³-hybridized carbons (Fsp3) is 0.625. The molecule has 5 nitrogen and oxygen atoms in total. The van der Waals surface area contributed by atoms with E-state index in [1.165, 1.54) is 43.4 Å². The molecule has 1 heterocycles. The van der Waals surface area contributed by atoms with E-state index in [-0.39, 0.29) is 23.8 Å². The molecule has 0 aromatic heterocycles. The average Bonchev–Trinajstić information content (AvgIpc) is 2.99. The first-order valence-electron chi connectivity index (χ1n) is 11.1. The second kappa shape index (κ2) is 6.96. The van der Waals surface area contributed by atoms with E-state index < -0.39 is 0 Å². The van der Waals surface area contributed by atoms with Gasteiger partial charge in [-0.05, 0) is 86.3 Å².